The van der Waals surface area contributed by atoms with Crippen LogP contribution >= 0.6 is 0 Å². The van der Waals surface area contributed by atoms with Crippen molar-refractivity contribution in [2.24, 2.45) is 0 Å². The number of halogens is 1. The summed E-state index contributed by atoms with van der Waals surface area (Å²) in [4.78, 5) is 40.2. The molecule has 8 nitrogen and oxygen atoms in total. The molecule has 0 unspecified atom stereocenters. The molecule has 9 heteroatoms. The molecule has 0 bridgehead atoms. The predicted octanol–water partition coefficient (Wildman–Crippen LogP) is 2.03. The number of anilines is 1. The van der Waals surface area contributed by atoms with Crippen LogP contribution in [0.5, 0.6) is 0 Å². The summed E-state index contributed by atoms with van der Waals surface area (Å²) in [5.41, 5.74) is 1.44. The van der Waals surface area contributed by atoms with Crippen molar-refractivity contribution in [3.8, 4) is 0 Å². The molecule has 0 saturated carbocycles. The van der Waals surface area contributed by atoms with E-state index in [1.807, 2.05) is 11.4 Å². The molecule has 3 amide bonds. The monoisotopic (exact) mass is 469 g/mol. The van der Waals surface area contributed by atoms with Gasteiger partial charge in [0.15, 0.2) is 0 Å². The van der Waals surface area contributed by atoms with Crippen LogP contribution in [0.2, 0.25) is 0 Å². The van der Waals surface area contributed by atoms with Gasteiger partial charge in [0, 0.05) is 61.5 Å². The van der Waals surface area contributed by atoms with Gasteiger partial charge in [-0.3, -0.25) is 24.6 Å². The standard InChI is InChI=1S/C25H27FN4O4/c26-20-12-16(14-29-8-10-34-11-9-29)4-5-17(20)13-27-21-3-1-2-18-19(21)15-30(25(18)33)22-6-7-23(31)28-24(22)32/h1-5,12,22,27H,6-11,13-15H2,(H,28,31,32)/t22-/m0/s1/i15D2,22D. The number of amides is 3. The van der Waals surface area contributed by atoms with E-state index in [1.165, 1.54) is 12.1 Å². The minimum absolute atomic E-state index is 0.00709. The predicted molar refractivity (Wildman–Crippen MR) is 122 cm³/mol. The maximum atomic E-state index is 14.9. The van der Waals surface area contributed by atoms with Gasteiger partial charge in [0.05, 0.1) is 17.3 Å². The number of hydrogen-bond donors (Lipinski definition) is 2. The van der Waals surface area contributed by atoms with Crippen molar-refractivity contribution in [1.29, 1.82) is 0 Å². The lowest BCUT2D eigenvalue weighted by molar-refractivity contribution is -0.136. The molecule has 2 N–H and O–H groups in total. The highest BCUT2D eigenvalue weighted by molar-refractivity contribution is 6.06. The zero-order valence-electron chi connectivity index (χ0n) is 21.5. The van der Waals surface area contributed by atoms with Crippen molar-refractivity contribution in [3.05, 3.63) is 64.5 Å². The van der Waals surface area contributed by atoms with E-state index in [0.29, 0.717) is 30.2 Å². The highest BCUT2D eigenvalue weighted by Gasteiger charge is 2.39. The van der Waals surface area contributed by atoms with Gasteiger partial charge < -0.3 is 15.0 Å². The number of hydrogen-bond acceptors (Lipinski definition) is 6. The van der Waals surface area contributed by atoms with Gasteiger partial charge in [0.1, 0.15) is 11.8 Å². The third kappa shape index (κ3) is 4.53. The molecule has 3 heterocycles. The lowest BCUT2D eigenvalue weighted by Gasteiger charge is -2.29. The zero-order chi connectivity index (χ0) is 26.4. The fraction of sp³-hybridized carbons (Fsp3) is 0.400. The first kappa shape index (κ1) is 19.1. The van der Waals surface area contributed by atoms with Gasteiger partial charge in [-0.1, -0.05) is 18.2 Å². The summed E-state index contributed by atoms with van der Waals surface area (Å²) in [6, 6.07) is 7.28. The first-order chi connectivity index (χ1) is 17.6. The Morgan fingerprint density at radius 2 is 2.03 bits per heavy atom. The molecule has 2 aromatic rings. The number of morpholine rings is 1. The maximum absolute atomic E-state index is 14.9. The summed E-state index contributed by atoms with van der Waals surface area (Å²) in [5, 5.41) is 5.07. The number of carbonyl (C=O) groups excluding carboxylic acids is 3. The maximum Gasteiger partial charge on any atom is 0.255 e. The van der Waals surface area contributed by atoms with Crippen LogP contribution in [0.4, 0.5) is 10.1 Å². The second-order valence-corrected chi connectivity index (χ2v) is 8.47. The second-order valence-electron chi connectivity index (χ2n) is 8.47. The molecule has 0 radical (unpaired) electrons. The molecule has 34 heavy (non-hydrogen) atoms. The molecule has 5 rings (SSSR count). The highest BCUT2D eigenvalue weighted by Crippen LogP contribution is 2.32. The van der Waals surface area contributed by atoms with E-state index in [-0.39, 0.29) is 36.2 Å². The zero-order valence-corrected chi connectivity index (χ0v) is 18.5. The van der Waals surface area contributed by atoms with Crippen LogP contribution < -0.4 is 10.6 Å². The van der Waals surface area contributed by atoms with Gasteiger partial charge in [0.25, 0.3) is 5.91 Å². The number of nitrogens with one attached hydrogen (secondary N) is 2. The van der Waals surface area contributed by atoms with E-state index >= 15 is 0 Å². The molecular weight excluding hydrogens is 439 g/mol. The Morgan fingerprint density at radius 1 is 1.21 bits per heavy atom. The van der Waals surface area contributed by atoms with Gasteiger partial charge in [-0.2, -0.15) is 0 Å². The number of nitrogens with zero attached hydrogens (tertiary/aromatic N) is 2. The van der Waals surface area contributed by atoms with E-state index in [9.17, 15) is 18.8 Å². The van der Waals surface area contributed by atoms with E-state index in [4.69, 9.17) is 8.85 Å². The Balaban J connectivity index is 1.36. The first-order valence-electron chi connectivity index (χ1n) is 12.7. The molecule has 1 atom stereocenters. The molecule has 0 aromatic heterocycles. The van der Waals surface area contributed by atoms with Crippen LogP contribution in [0.15, 0.2) is 36.4 Å². The Kier molecular flexibility index (Phi) is 5.33. The lowest BCUT2D eigenvalue weighted by atomic mass is 10.0. The summed E-state index contributed by atoms with van der Waals surface area (Å²) >= 11 is 0. The Labute approximate surface area is 201 Å². The van der Waals surface area contributed by atoms with Crippen LogP contribution in [-0.2, 0) is 33.9 Å². The fourth-order valence-electron chi connectivity index (χ4n) is 4.33. The van der Waals surface area contributed by atoms with Gasteiger partial charge in [-0.15, -0.1) is 0 Å². The molecule has 2 saturated heterocycles. The molecule has 3 aliphatic rings. The molecule has 0 aliphatic carbocycles. The van der Waals surface area contributed by atoms with Crippen LogP contribution in [0.25, 0.3) is 0 Å². The first-order valence-corrected chi connectivity index (χ1v) is 11.2. The molecule has 0 spiro atoms. The summed E-state index contributed by atoms with van der Waals surface area (Å²) in [7, 11) is 0. The average molecular weight is 470 g/mol. The summed E-state index contributed by atoms with van der Waals surface area (Å²) in [5.74, 6) is -2.83. The van der Waals surface area contributed by atoms with Gasteiger partial charge in [-0.05, 0) is 30.2 Å². The Hall–Kier alpha value is -3.30. The van der Waals surface area contributed by atoms with Gasteiger partial charge in [0.2, 0.25) is 11.8 Å². The van der Waals surface area contributed by atoms with Crippen LogP contribution in [0, 0.1) is 5.82 Å². The average Bonchev–Trinajstić information content (AvgIpc) is 3.08. The minimum atomic E-state index is -2.52. The van der Waals surface area contributed by atoms with Crippen LogP contribution in [0.1, 0.15) is 44.0 Å². The topological polar surface area (TPSA) is 91.0 Å². The third-order valence-corrected chi connectivity index (χ3v) is 6.19. The normalized spacial score (nSPS) is 25.9. The van der Waals surface area contributed by atoms with Gasteiger partial charge >= 0.3 is 0 Å². The molecule has 3 aliphatic heterocycles. The number of fused-ring (bicyclic) bond motifs is 1. The van der Waals surface area contributed by atoms with Crippen molar-refractivity contribution in [2.75, 3.05) is 31.6 Å². The fourth-order valence-corrected chi connectivity index (χ4v) is 4.33. The van der Waals surface area contributed by atoms with Crippen molar-refractivity contribution in [1.82, 2.24) is 15.1 Å². The van der Waals surface area contributed by atoms with E-state index in [1.54, 1.807) is 18.2 Å². The highest BCUT2D eigenvalue weighted by atomic mass is 19.1. The number of benzene rings is 2. The number of piperidine rings is 1. The largest absolute Gasteiger partial charge is 0.381 e. The van der Waals surface area contributed by atoms with Crippen molar-refractivity contribution in [2.45, 2.75) is 38.4 Å². The van der Waals surface area contributed by atoms with Gasteiger partial charge in [-0.25, -0.2) is 4.39 Å². The number of rotatable bonds is 6. The van der Waals surface area contributed by atoms with E-state index in [2.05, 4.69) is 10.2 Å². The Morgan fingerprint density at radius 3 is 2.79 bits per heavy atom. The summed E-state index contributed by atoms with van der Waals surface area (Å²) in [6.45, 7) is 1.03. The number of carbonyl (C=O) groups is 3. The Bertz CT molecular complexity index is 1270. The summed E-state index contributed by atoms with van der Waals surface area (Å²) in [6.07, 6.45) is -0.501. The van der Waals surface area contributed by atoms with Crippen molar-refractivity contribution < 1.29 is 27.6 Å². The van der Waals surface area contributed by atoms with Crippen molar-refractivity contribution >= 4 is 23.4 Å². The molecule has 2 aromatic carbocycles. The van der Waals surface area contributed by atoms with Crippen LogP contribution in [-0.4, -0.2) is 59.8 Å². The SMILES string of the molecule is [2H]C1([2H])c2c(NCc3ccc(CN4CCOCC4)cc3F)cccc2C(=O)N1[C@@]1([2H])CCC(=O)NC1=O. The number of imide groups is 1. The summed E-state index contributed by atoms with van der Waals surface area (Å²) < 4.78 is 46.4. The number of ether oxygens (including phenoxy) is 1. The molecule has 2 fully saturated rings. The molecular formula is C25H27FN4O4. The van der Waals surface area contributed by atoms with E-state index < -0.39 is 36.1 Å². The van der Waals surface area contributed by atoms with E-state index in [0.717, 1.165) is 18.7 Å². The van der Waals surface area contributed by atoms with Crippen LogP contribution in [0.3, 0.4) is 0 Å². The second kappa shape index (κ2) is 9.52. The third-order valence-electron chi connectivity index (χ3n) is 6.19. The smallest absolute Gasteiger partial charge is 0.255 e. The quantitative estimate of drug-likeness (QED) is 0.630. The lowest BCUT2D eigenvalue weighted by Crippen LogP contribution is -2.52. The minimum Gasteiger partial charge on any atom is -0.381 e. The van der Waals surface area contributed by atoms with Crippen molar-refractivity contribution in [3.63, 3.8) is 0 Å². The molecule has 178 valence electrons.